The molecule has 5 rings (SSSR count). The number of aliphatic hydroxyl groups excluding tert-OH is 1. The summed E-state index contributed by atoms with van der Waals surface area (Å²) in [5.41, 5.74) is -4.96. The first kappa shape index (κ1) is 19.7. The molecule has 1 unspecified atom stereocenters. The normalized spacial score (nSPS) is 56.2. The zero-order valence-corrected chi connectivity index (χ0v) is 17.6. The smallest absolute Gasteiger partial charge is 0.303 e. The summed E-state index contributed by atoms with van der Waals surface area (Å²) in [5, 5.41) is 33.9. The minimum atomic E-state index is -1.81. The number of epoxide rings is 1. The highest BCUT2D eigenvalue weighted by molar-refractivity contribution is 6.04. The number of aliphatic hydroxyl groups is 3. The van der Waals surface area contributed by atoms with Crippen molar-refractivity contribution in [2.75, 3.05) is 6.61 Å². The van der Waals surface area contributed by atoms with Gasteiger partial charge < -0.3 is 24.8 Å². The van der Waals surface area contributed by atoms with Gasteiger partial charge in [0.05, 0.1) is 18.3 Å². The highest BCUT2D eigenvalue weighted by Gasteiger charge is 2.88. The van der Waals surface area contributed by atoms with Crippen molar-refractivity contribution in [2.24, 2.45) is 29.1 Å². The summed E-state index contributed by atoms with van der Waals surface area (Å²) in [6.45, 7) is 8.66. The second-order valence-electron chi connectivity index (χ2n) is 10.7. The van der Waals surface area contributed by atoms with Crippen LogP contribution in [0.5, 0.6) is 0 Å². The van der Waals surface area contributed by atoms with Crippen LogP contribution < -0.4 is 0 Å². The maximum atomic E-state index is 13.0. The van der Waals surface area contributed by atoms with Gasteiger partial charge in [0.1, 0.15) is 16.8 Å². The van der Waals surface area contributed by atoms with E-state index >= 15 is 0 Å². The molecule has 4 fully saturated rings. The van der Waals surface area contributed by atoms with Crippen LogP contribution in [-0.2, 0) is 19.1 Å². The van der Waals surface area contributed by atoms with Gasteiger partial charge in [-0.2, -0.15) is 0 Å². The minimum Gasteiger partial charge on any atom is -0.458 e. The summed E-state index contributed by atoms with van der Waals surface area (Å²) in [6, 6.07) is 0. The Morgan fingerprint density at radius 2 is 2.00 bits per heavy atom. The highest BCUT2D eigenvalue weighted by Crippen LogP contribution is 2.79. The van der Waals surface area contributed by atoms with Gasteiger partial charge in [-0.05, 0) is 24.8 Å². The van der Waals surface area contributed by atoms with Crippen molar-refractivity contribution < 1.29 is 34.4 Å². The summed E-state index contributed by atoms with van der Waals surface area (Å²) in [6.07, 6.45) is 1.61. The molecule has 7 heteroatoms. The van der Waals surface area contributed by atoms with Gasteiger partial charge in [0.2, 0.25) is 0 Å². The molecule has 0 aromatic heterocycles. The average molecular weight is 406 g/mol. The molecule has 1 heterocycles. The molecule has 1 aliphatic heterocycles. The van der Waals surface area contributed by atoms with Crippen molar-refractivity contribution in [1.82, 2.24) is 0 Å². The lowest BCUT2D eigenvalue weighted by molar-refractivity contribution is -0.198. The van der Waals surface area contributed by atoms with E-state index in [0.29, 0.717) is 12.0 Å². The number of ketones is 1. The van der Waals surface area contributed by atoms with Crippen LogP contribution in [0.2, 0.25) is 0 Å². The summed E-state index contributed by atoms with van der Waals surface area (Å²) >= 11 is 0. The third-order valence-electron chi connectivity index (χ3n) is 9.07. The fourth-order valence-electron chi connectivity index (χ4n) is 7.68. The molecule has 160 valence electrons. The molecule has 1 saturated heterocycles. The molecule has 9 atom stereocenters. The highest BCUT2D eigenvalue weighted by atomic mass is 16.6. The Morgan fingerprint density at radius 1 is 1.34 bits per heavy atom. The first-order valence-corrected chi connectivity index (χ1v) is 10.5. The van der Waals surface area contributed by atoms with Gasteiger partial charge in [-0.15, -0.1) is 0 Å². The van der Waals surface area contributed by atoms with Crippen LogP contribution >= 0.6 is 0 Å². The quantitative estimate of drug-likeness (QED) is 0.457. The van der Waals surface area contributed by atoms with Crippen molar-refractivity contribution in [3.05, 3.63) is 11.6 Å². The Kier molecular flexibility index (Phi) is 3.48. The molecule has 3 saturated carbocycles. The molecule has 0 amide bonds. The lowest BCUT2D eigenvalue weighted by atomic mass is 9.59. The molecule has 7 nitrogen and oxygen atoms in total. The molecule has 0 aromatic rings. The zero-order valence-electron chi connectivity index (χ0n) is 17.6. The molecular weight excluding hydrogens is 376 g/mol. The standard InChI is InChI=1S/C22H30O7/c1-10-6-13-20(26,16(10)25)8-19(9-23)17(29-19)14-15-18(4,5)21(15,28-12(3)24)7-11(2)22(13,14)27/h6,11,13-15,17,23,26-27H,7-9H2,1-5H3/t11-,13-,14-,15-,17?,19-,20-,21+,22+/m1/s1. The van der Waals surface area contributed by atoms with Gasteiger partial charge in [-0.1, -0.05) is 26.8 Å². The maximum absolute atomic E-state index is 13.0. The second kappa shape index (κ2) is 5.13. The van der Waals surface area contributed by atoms with Crippen LogP contribution in [0.4, 0.5) is 0 Å². The van der Waals surface area contributed by atoms with Gasteiger partial charge in [-0.25, -0.2) is 0 Å². The molecule has 0 spiro atoms. The SMILES string of the molecule is CC(=O)O[C@@]12C[C@@H](C)[C@@]3(O)[C@@H](C4O[C@@]4(CO)C[C@]4(O)C(=O)C(C)=C[C@@H]34)[C@@H]1C2(C)C. The molecular formula is C22H30O7. The molecule has 0 aromatic carbocycles. The van der Waals surface area contributed by atoms with E-state index in [1.54, 1.807) is 13.0 Å². The number of rotatable bonds is 2. The Balaban J connectivity index is 1.70. The number of carbonyl (C=O) groups excluding carboxylic acids is 2. The predicted octanol–water partition coefficient (Wildman–Crippen LogP) is 0.741. The van der Waals surface area contributed by atoms with E-state index in [9.17, 15) is 24.9 Å². The van der Waals surface area contributed by atoms with Gasteiger partial charge in [0.15, 0.2) is 5.78 Å². The third-order valence-corrected chi connectivity index (χ3v) is 9.07. The van der Waals surface area contributed by atoms with E-state index in [2.05, 4.69) is 0 Å². The topological polar surface area (TPSA) is 117 Å². The largest absolute Gasteiger partial charge is 0.458 e. The first-order chi connectivity index (χ1) is 13.3. The van der Waals surface area contributed by atoms with Crippen LogP contribution in [0.15, 0.2) is 11.6 Å². The Hall–Kier alpha value is -1.28. The van der Waals surface area contributed by atoms with Gasteiger partial charge in [0, 0.05) is 36.5 Å². The molecule has 5 aliphatic rings. The molecule has 4 aliphatic carbocycles. The van der Waals surface area contributed by atoms with Crippen molar-refractivity contribution >= 4 is 11.8 Å². The van der Waals surface area contributed by atoms with Crippen LogP contribution in [0.3, 0.4) is 0 Å². The number of ether oxygens (including phenoxy) is 2. The van der Waals surface area contributed by atoms with Gasteiger partial charge in [-0.3, -0.25) is 9.59 Å². The predicted molar refractivity (Wildman–Crippen MR) is 100 cm³/mol. The van der Waals surface area contributed by atoms with E-state index in [1.807, 2.05) is 20.8 Å². The number of Topliss-reactive ketones (excluding diaryl/α,β-unsaturated/α-hetero) is 1. The molecule has 0 radical (unpaired) electrons. The summed E-state index contributed by atoms with van der Waals surface area (Å²) < 4.78 is 11.9. The van der Waals surface area contributed by atoms with Crippen molar-refractivity contribution in [1.29, 1.82) is 0 Å². The number of hydrogen-bond donors (Lipinski definition) is 3. The zero-order chi connectivity index (χ0) is 21.4. The first-order valence-electron chi connectivity index (χ1n) is 10.5. The summed E-state index contributed by atoms with van der Waals surface area (Å²) in [7, 11) is 0. The molecule has 0 bridgehead atoms. The maximum Gasteiger partial charge on any atom is 0.303 e. The van der Waals surface area contributed by atoms with E-state index in [1.165, 1.54) is 6.92 Å². The Morgan fingerprint density at radius 3 is 2.59 bits per heavy atom. The Bertz CT molecular complexity index is 863. The van der Waals surface area contributed by atoms with E-state index in [-0.39, 0.29) is 36.2 Å². The van der Waals surface area contributed by atoms with Crippen LogP contribution in [-0.4, -0.2) is 62.2 Å². The van der Waals surface area contributed by atoms with Crippen LogP contribution in [0, 0.1) is 29.1 Å². The lowest BCUT2D eigenvalue weighted by Gasteiger charge is -2.51. The second-order valence-corrected chi connectivity index (χ2v) is 10.7. The van der Waals surface area contributed by atoms with Crippen molar-refractivity contribution in [3.63, 3.8) is 0 Å². The van der Waals surface area contributed by atoms with Crippen LogP contribution in [0.1, 0.15) is 47.5 Å². The van der Waals surface area contributed by atoms with Crippen LogP contribution in [0.25, 0.3) is 0 Å². The minimum absolute atomic E-state index is 0.0439. The fourth-order valence-corrected chi connectivity index (χ4v) is 7.68. The summed E-state index contributed by atoms with van der Waals surface area (Å²) in [5.74, 6) is -2.56. The number of fused-ring (bicyclic) bond motifs is 7. The number of hydrogen-bond acceptors (Lipinski definition) is 7. The van der Waals surface area contributed by atoms with Gasteiger partial charge in [0.25, 0.3) is 0 Å². The number of esters is 1. The van der Waals surface area contributed by atoms with Crippen molar-refractivity contribution in [3.8, 4) is 0 Å². The van der Waals surface area contributed by atoms with E-state index in [0.717, 1.165) is 0 Å². The molecule has 3 N–H and O–H groups in total. The lowest BCUT2D eigenvalue weighted by Crippen LogP contribution is -2.62. The Labute approximate surface area is 170 Å². The van der Waals surface area contributed by atoms with E-state index < -0.39 is 46.1 Å². The monoisotopic (exact) mass is 406 g/mol. The summed E-state index contributed by atoms with van der Waals surface area (Å²) in [4.78, 5) is 24.9. The number of carbonyl (C=O) groups is 2. The average Bonchev–Trinajstić information content (AvgIpc) is 3.41. The van der Waals surface area contributed by atoms with E-state index in [4.69, 9.17) is 9.47 Å². The van der Waals surface area contributed by atoms with Gasteiger partial charge >= 0.3 is 5.97 Å². The molecule has 29 heavy (non-hydrogen) atoms. The van der Waals surface area contributed by atoms with Crippen molar-refractivity contribution in [2.45, 2.75) is 76.0 Å². The fraction of sp³-hybridized carbons (Fsp3) is 0.818. The third kappa shape index (κ3) is 1.94.